The smallest absolute Gasteiger partial charge is 0.376 e. The van der Waals surface area contributed by atoms with Crippen LogP contribution in [0.2, 0.25) is 0 Å². The van der Waals surface area contributed by atoms with E-state index in [1.54, 1.807) is 6.92 Å². The van der Waals surface area contributed by atoms with Gasteiger partial charge in [0.2, 0.25) is 0 Å². The van der Waals surface area contributed by atoms with Gasteiger partial charge in [-0.3, -0.25) is 9.09 Å². The van der Waals surface area contributed by atoms with E-state index in [-0.39, 0.29) is 5.92 Å². The van der Waals surface area contributed by atoms with Gasteiger partial charge in [-0.05, 0) is 13.3 Å². The summed E-state index contributed by atoms with van der Waals surface area (Å²) in [6, 6.07) is -0.641. The van der Waals surface area contributed by atoms with Crippen molar-refractivity contribution in [3.63, 3.8) is 0 Å². The predicted octanol–water partition coefficient (Wildman–Crippen LogP) is 0.741. The quantitative estimate of drug-likeness (QED) is 0.405. The largest absolute Gasteiger partial charge is 0.488 e. The Balaban J connectivity index is 1.99. The van der Waals surface area contributed by atoms with Gasteiger partial charge < -0.3 is 24.2 Å². The molecule has 24 heavy (non-hydrogen) atoms. The summed E-state index contributed by atoms with van der Waals surface area (Å²) in [5, 5.41) is 0. The molecule has 0 bridgehead atoms. The molecule has 0 aromatic carbocycles. The Labute approximate surface area is 139 Å². The zero-order valence-electron chi connectivity index (χ0n) is 12.9. The van der Waals surface area contributed by atoms with E-state index in [9.17, 15) is 23.5 Å². The van der Waals surface area contributed by atoms with Crippen LogP contribution in [0.25, 0.3) is 0 Å². The van der Waals surface area contributed by atoms with E-state index in [2.05, 4.69) is 13.1 Å². The first-order chi connectivity index (χ1) is 10.7. The molecule has 11 nitrogen and oxygen atoms in total. The highest BCUT2D eigenvalue weighted by atomic mass is 31.3. The molecule has 2 heterocycles. The molecule has 2 aliphatic heterocycles. The number of fused-ring (bicyclic) bond motifs is 1. The minimum absolute atomic E-state index is 0.106. The van der Waals surface area contributed by atoms with E-state index in [0.717, 1.165) is 0 Å². The van der Waals surface area contributed by atoms with Crippen LogP contribution in [0.3, 0.4) is 0 Å². The van der Waals surface area contributed by atoms with Gasteiger partial charge in [-0.1, -0.05) is 0 Å². The Bertz CT molecular complexity index is 622. The summed E-state index contributed by atoms with van der Waals surface area (Å²) in [5.41, 5.74) is -1.17. The molecule has 2 saturated heterocycles. The van der Waals surface area contributed by atoms with Gasteiger partial charge in [-0.25, -0.2) is 13.4 Å². The lowest BCUT2D eigenvalue weighted by molar-refractivity contribution is -0.0976. The molecular formula is C9H18BO11P3. The average molecular weight is 406 g/mol. The second-order valence-corrected chi connectivity index (χ2v) is 10.9. The maximum atomic E-state index is 11.8. The minimum atomic E-state index is -5.30. The highest BCUT2D eigenvalue weighted by Gasteiger charge is 2.54. The lowest BCUT2D eigenvalue weighted by Gasteiger charge is -2.30. The highest BCUT2D eigenvalue weighted by Crippen LogP contribution is 2.66. The van der Waals surface area contributed by atoms with Gasteiger partial charge in [0.25, 0.3) is 0 Å². The summed E-state index contributed by atoms with van der Waals surface area (Å²) in [4.78, 5) is 27.6. The monoisotopic (exact) mass is 406 g/mol. The lowest BCUT2D eigenvalue weighted by atomic mass is 9.82. The fraction of sp³-hybridized carbons (Fsp3) is 1.00. The molecule has 3 N–H and O–H groups in total. The Morgan fingerprint density at radius 2 is 1.83 bits per heavy atom. The molecule has 7 unspecified atom stereocenters. The van der Waals surface area contributed by atoms with E-state index in [1.807, 2.05) is 0 Å². The van der Waals surface area contributed by atoms with Crippen molar-refractivity contribution in [2.45, 2.75) is 31.1 Å². The first-order valence-electron chi connectivity index (χ1n) is 6.81. The number of ether oxygens (including phenoxy) is 2. The topological polar surface area (TPSA) is 158 Å². The van der Waals surface area contributed by atoms with Crippen molar-refractivity contribution in [3.8, 4) is 0 Å². The van der Waals surface area contributed by atoms with Crippen LogP contribution in [0.4, 0.5) is 0 Å². The number of hydrogen-bond acceptors (Lipinski definition) is 8. The summed E-state index contributed by atoms with van der Waals surface area (Å²) >= 11 is 0. The minimum Gasteiger partial charge on any atom is -0.376 e. The van der Waals surface area contributed by atoms with E-state index in [1.165, 1.54) is 0 Å². The summed E-state index contributed by atoms with van der Waals surface area (Å²) in [6.07, 6.45) is 0.189. The van der Waals surface area contributed by atoms with Gasteiger partial charge in [0.15, 0.2) is 0 Å². The summed E-state index contributed by atoms with van der Waals surface area (Å²) in [6.45, 7) is 2.08. The molecule has 138 valence electrons. The van der Waals surface area contributed by atoms with E-state index < -0.39 is 47.6 Å². The van der Waals surface area contributed by atoms with Gasteiger partial charge in [0, 0.05) is 25.2 Å². The van der Waals surface area contributed by atoms with Crippen LogP contribution in [0, 0.1) is 5.92 Å². The standard InChI is InChI=1S/C9H18BO11P3/c1-9(7-6(3-4-17-7)8(10)19-9)5-18-23(13,14)21-24(15,16)20-22(2,11)12/h6-8H,3-5H2,1-2H3,(H,11,12)(H,13,14)(H,15,16). The molecule has 2 radical (unpaired) electrons. The van der Waals surface area contributed by atoms with Crippen LogP contribution in [-0.4, -0.2) is 60.1 Å². The summed E-state index contributed by atoms with van der Waals surface area (Å²) < 4.78 is 57.7. The summed E-state index contributed by atoms with van der Waals surface area (Å²) in [7, 11) is -9.01. The number of phosphoric ester groups is 1. The highest BCUT2D eigenvalue weighted by molar-refractivity contribution is 7.68. The fourth-order valence-electron chi connectivity index (χ4n) is 2.72. The Morgan fingerprint density at radius 1 is 1.21 bits per heavy atom. The van der Waals surface area contributed by atoms with Crippen molar-refractivity contribution in [1.82, 2.24) is 0 Å². The second kappa shape index (κ2) is 6.87. The van der Waals surface area contributed by atoms with Crippen molar-refractivity contribution >= 4 is 31.1 Å². The van der Waals surface area contributed by atoms with Crippen molar-refractivity contribution in [2.24, 2.45) is 5.92 Å². The first-order valence-corrected chi connectivity index (χ1v) is 11.8. The molecule has 15 heteroatoms. The SMILES string of the molecule is [B]C1OC(C)(COP(=O)(O)OP(=O)(O)OP(C)(=O)O)C2OCCC12. The zero-order chi connectivity index (χ0) is 18.4. The predicted molar refractivity (Wildman–Crippen MR) is 80.4 cm³/mol. The molecule has 0 saturated carbocycles. The number of rotatable bonds is 7. The normalized spacial score (nSPS) is 40.5. The van der Waals surface area contributed by atoms with Gasteiger partial charge >= 0.3 is 23.2 Å². The van der Waals surface area contributed by atoms with E-state index in [4.69, 9.17) is 22.2 Å². The van der Waals surface area contributed by atoms with Gasteiger partial charge in [0.05, 0.1) is 12.7 Å². The summed E-state index contributed by atoms with van der Waals surface area (Å²) in [5.74, 6) is -0.106. The zero-order valence-corrected chi connectivity index (χ0v) is 15.6. The van der Waals surface area contributed by atoms with Crippen LogP contribution in [-0.2, 0) is 36.3 Å². The maximum Gasteiger partial charge on any atom is 0.488 e. The van der Waals surface area contributed by atoms with Crippen LogP contribution < -0.4 is 0 Å². The van der Waals surface area contributed by atoms with E-state index in [0.29, 0.717) is 19.7 Å². The molecule has 7 atom stereocenters. The molecule has 0 aliphatic carbocycles. The molecule has 2 aliphatic rings. The maximum absolute atomic E-state index is 11.8. The Hall–Kier alpha value is 0.435. The molecular weight excluding hydrogens is 388 g/mol. The Morgan fingerprint density at radius 3 is 2.42 bits per heavy atom. The van der Waals surface area contributed by atoms with Crippen molar-refractivity contribution in [1.29, 1.82) is 0 Å². The van der Waals surface area contributed by atoms with Crippen molar-refractivity contribution < 1.29 is 51.0 Å². The van der Waals surface area contributed by atoms with Crippen LogP contribution >= 0.6 is 23.2 Å². The second-order valence-electron chi connectivity index (χ2n) is 5.82. The number of hydrogen-bond donors (Lipinski definition) is 3. The third-order valence-electron chi connectivity index (χ3n) is 3.54. The van der Waals surface area contributed by atoms with Crippen LogP contribution in [0.5, 0.6) is 0 Å². The average Bonchev–Trinajstić information content (AvgIpc) is 2.88. The number of phosphoric acid groups is 2. The molecule has 2 fully saturated rings. The van der Waals surface area contributed by atoms with E-state index >= 15 is 0 Å². The van der Waals surface area contributed by atoms with Crippen LogP contribution in [0.1, 0.15) is 13.3 Å². The van der Waals surface area contributed by atoms with Gasteiger partial charge in [-0.2, -0.15) is 4.31 Å². The fourth-order valence-corrected chi connectivity index (χ4v) is 6.29. The third-order valence-corrected chi connectivity index (χ3v) is 7.69. The van der Waals surface area contributed by atoms with Crippen LogP contribution in [0.15, 0.2) is 0 Å². The van der Waals surface area contributed by atoms with Gasteiger partial charge in [-0.15, -0.1) is 0 Å². The molecule has 0 amide bonds. The van der Waals surface area contributed by atoms with Gasteiger partial charge in [0.1, 0.15) is 13.4 Å². The van der Waals surface area contributed by atoms with Crippen molar-refractivity contribution in [3.05, 3.63) is 0 Å². The molecule has 0 aromatic rings. The van der Waals surface area contributed by atoms with Crippen molar-refractivity contribution in [2.75, 3.05) is 19.9 Å². The molecule has 0 aromatic heterocycles. The molecule has 2 rings (SSSR count). The molecule has 0 spiro atoms. The lowest BCUT2D eigenvalue weighted by Crippen LogP contribution is -2.42. The first kappa shape index (κ1) is 20.7. The Kier molecular flexibility index (Phi) is 5.94. The third kappa shape index (κ3) is 5.22.